The summed E-state index contributed by atoms with van der Waals surface area (Å²) in [6.45, 7) is 6.08. The number of benzene rings is 1. The minimum atomic E-state index is -0.409. The summed E-state index contributed by atoms with van der Waals surface area (Å²) in [7, 11) is 0. The molecule has 1 aromatic heterocycles. The van der Waals surface area contributed by atoms with E-state index in [0.29, 0.717) is 5.56 Å². The van der Waals surface area contributed by atoms with Crippen LogP contribution in [0.4, 0.5) is 0 Å². The molecule has 0 radical (unpaired) electrons. The molecule has 2 aromatic rings. The van der Waals surface area contributed by atoms with E-state index in [-0.39, 0.29) is 16.9 Å². The highest BCUT2D eigenvalue weighted by molar-refractivity contribution is 5.93. The number of H-pyrrole nitrogens is 1. The molecule has 0 unspecified atom stereocenters. The normalized spacial score (nSPS) is 11.8. The molecule has 6 heteroatoms. The number of nitrogens with one attached hydrogen (secondary N) is 2. The van der Waals surface area contributed by atoms with Crippen LogP contribution in [0.2, 0.25) is 0 Å². The zero-order valence-electron chi connectivity index (χ0n) is 12.2. The van der Waals surface area contributed by atoms with Crippen molar-refractivity contribution in [3.63, 3.8) is 0 Å². The lowest BCUT2D eigenvalue weighted by Gasteiger charge is -2.14. The molecule has 0 saturated heterocycles. The number of para-hydroxylation sites is 1. The van der Waals surface area contributed by atoms with Crippen LogP contribution in [0.25, 0.3) is 0 Å². The Morgan fingerprint density at radius 1 is 1.38 bits per heavy atom. The Morgan fingerprint density at radius 2 is 2.10 bits per heavy atom. The molecule has 0 aliphatic carbocycles. The number of phenolic OH excluding ortho intramolecular Hbond substituents is 1. The maximum Gasteiger partial charge on any atom is 0.291 e. The van der Waals surface area contributed by atoms with E-state index in [1.165, 1.54) is 6.21 Å². The minimum Gasteiger partial charge on any atom is -0.507 e. The van der Waals surface area contributed by atoms with E-state index in [1.54, 1.807) is 30.3 Å². The molecule has 1 heterocycles. The Balaban J connectivity index is 2.02. The number of aromatic amines is 1. The average Bonchev–Trinajstić information content (AvgIpc) is 2.90. The zero-order chi connectivity index (χ0) is 15.5. The van der Waals surface area contributed by atoms with Gasteiger partial charge in [-0.15, -0.1) is 0 Å². The van der Waals surface area contributed by atoms with Crippen molar-refractivity contribution in [1.29, 1.82) is 0 Å². The molecule has 0 aliphatic heterocycles. The summed E-state index contributed by atoms with van der Waals surface area (Å²) in [4.78, 5) is 11.9. The molecular weight excluding hydrogens is 268 g/mol. The van der Waals surface area contributed by atoms with Gasteiger partial charge in [-0.05, 0) is 18.2 Å². The van der Waals surface area contributed by atoms with Crippen LogP contribution in [-0.2, 0) is 5.41 Å². The molecule has 2 rings (SSSR count). The van der Waals surface area contributed by atoms with Crippen molar-refractivity contribution in [2.24, 2.45) is 5.10 Å². The second kappa shape index (κ2) is 5.78. The lowest BCUT2D eigenvalue weighted by molar-refractivity contribution is 0.0950. The number of amides is 1. The fourth-order valence-corrected chi connectivity index (χ4v) is 1.64. The van der Waals surface area contributed by atoms with Crippen LogP contribution < -0.4 is 5.43 Å². The molecule has 0 aliphatic rings. The summed E-state index contributed by atoms with van der Waals surface area (Å²) in [5.41, 5.74) is 3.94. The minimum absolute atomic E-state index is 0.102. The third-order valence-corrected chi connectivity index (χ3v) is 2.92. The van der Waals surface area contributed by atoms with Crippen LogP contribution >= 0.6 is 0 Å². The van der Waals surface area contributed by atoms with Gasteiger partial charge in [0, 0.05) is 16.7 Å². The third kappa shape index (κ3) is 3.68. The number of rotatable bonds is 3. The van der Waals surface area contributed by atoms with Gasteiger partial charge in [-0.2, -0.15) is 10.2 Å². The van der Waals surface area contributed by atoms with E-state index in [2.05, 4.69) is 20.7 Å². The van der Waals surface area contributed by atoms with Crippen LogP contribution in [0.3, 0.4) is 0 Å². The van der Waals surface area contributed by atoms with Gasteiger partial charge in [0.15, 0.2) is 5.69 Å². The van der Waals surface area contributed by atoms with Gasteiger partial charge in [-0.3, -0.25) is 9.89 Å². The van der Waals surface area contributed by atoms with Gasteiger partial charge in [0.2, 0.25) is 0 Å². The fourth-order valence-electron chi connectivity index (χ4n) is 1.64. The number of nitrogens with zero attached hydrogens (tertiary/aromatic N) is 2. The van der Waals surface area contributed by atoms with E-state index in [4.69, 9.17) is 0 Å². The van der Waals surface area contributed by atoms with Crippen molar-refractivity contribution >= 4 is 12.1 Å². The van der Waals surface area contributed by atoms with Crippen molar-refractivity contribution in [3.8, 4) is 5.75 Å². The summed E-state index contributed by atoms with van der Waals surface area (Å²) in [6.07, 6.45) is 1.38. The molecule has 3 N–H and O–H groups in total. The molecule has 0 fully saturated rings. The molecule has 6 nitrogen and oxygen atoms in total. The molecule has 0 spiro atoms. The summed E-state index contributed by atoms with van der Waals surface area (Å²) < 4.78 is 0. The molecular formula is C15H18N4O2. The second-order valence-corrected chi connectivity index (χ2v) is 5.67. The first-order valence-electron chi connectivity index (χ1n) is 6.55. The first-order chi connectivity index (χ1) is 9.88. The van der Waals surface area contributed by atoms with Crippen molar-refractivity contribution in [2.45, 2.75) is 26.2 Å². The summed E-state index contributed by atoms with van der Waals surface area (Å²) >= 11 is 0. The Hall–Kier alpha value is -2.63. The number of carbonyl (C=O) groups excluding carboxylic acids is 1. The molecule has 0 saturated carbocycles. The maximum absolute atomic E-state index is 11.9. The first-order valence-corrected chi connectivity index (χ1v) is 6.55. The van der Waals surface area contributed by atoms with Gasteiger partial charge in [0.25, 0.3) is 5.91 Å². The smallest absolute Gasteiger partial charge is 0.291 e. The summed E-state index contributed by atoms with van der Waals surface area (Å²) in [6, 6.07) is 8.42. The highest BCUT2D eigenvalue weighted by Crippen LogP contribution is 2.20. The van der Waals surface area contributed by atoms with Crippen LogP contribution in [0.15, 0.2) is 35.4 Å². The van der Waals surface area contributed by atoms with E-state index in [9.17, 15) is 9.90 Å². The Kier molecular flexibility index (Phi) is 4.07. The Morgan fingerprint density at radius 3 is 2.71 bits per heavy atom. The summed E-state index contributed by atoms with van der Waals surface area (Å²) in [5.74, 6) is -0.307. The Labute approximate surface area is 122 Å². The van der Waals surface area contributed by atoms with Crippen LogP contribution in [-0.4, -0.2) is 27.4 Å². The van der Waals surface area contributed by atoms with Crippen LogP contribution in [0, 0.1) is 0 Å². The van der Waals surface area contributed by atoms with Crippen molar-refractivity contribution in [2.75, 3.05) is 0 Å². The van der Waals surface area contributed by atoms with E-state index >= 15 is 0 Å². The van der Waals surface area contributed by atoms with Crippen molar-refractivity contribution < 1.29 is 9.90 Å². The highest BCUT2D eigenvalue weighted by Gasteiger charge is 2.19. The predicted octanol–water partition coefficient (Wildman–Crippen LogP) is 2.18. The van der Waals surface area contributed by atoms with Gasteiger partial charge in [-0.1, -0.05) is 32.9 Å². The monoisotopic (exact) mass is 286 g/mol. The van der Waals surface area contributed by atoms with Crippen LogP contribution in [0.5, 0.6) is 5.75 Å². The number of carbonyl (C=O) groups is 1. The lowest BCUT2D eigenvalue weighted by atomic mass is 9.92. The number of phenols is 1. The largest absolute Gasteiger partial charge is 0.507 e. The standard InChI is InChI=1S/C15H18N4O2/c1-15(2,3)13-8-11(17-18-13)14(21)19-16-9-10-6-4-5-7-12(10)20/h4-9,20H,1-3H3,(H,17,18)(H,19,21)/b16-9+. The number of aromatic hydroxyl groups is 1. The maximum atomic E-state index is 11.9. The van der Waals surface area contributed by atoms with Gasteiger partial charge < -0.3 is 5.11 Å². The van der Waals surface area contributed by atoms with E-state index in [1.807, 2.05) is 20.8 Å². The zero-order valence-corrected chi connectivity index (χ0v) is 12.2. The first kappa shape index (κ1) is 14.8. The predicted molar refractivity (Wildman–Crippen MR) is 80.5 cm³/mol. The topological polar surface area (TPSA) is 90.4 Å². The van der Waals surface area contributed by atoms with Gasteiger partial charge in [0.1, 0.15) is 5.75 Å². The van der Waals surface area contributed by atoms with Crippen molar-refractivity contribution in [1.82, 2.24) is 15.6 Å². The molecule has 0 bridgehead atoms. The van der Waals surface area contributed by atoms with E-state index in [0.717, 1.165) is 5.69 Å². The number of hydrogen-bond acceptors (Lipinski definition) is 4. The van der Waals surface area contributed by atoms with E-state index < -0.39 is 5.91 Å². The molecule has 21 heavy (non-hydrogen) atoms. The van der Waals surface area contributed by atoms with Crippen LogP contribution in [0.1, 0.15) is 42.5 Å². The number of aromatic nitrogens is 2. The molecule has 1 aromatic carbocycles. The lowest BCUT2D eigenvalue weighted by Crippen LogP contribution is -2.18. The third-order valence-electron chi connectivity index (χ3n) is 2.92. The number of hydrazone groups is 1. The molecule has 1 amide bonds. The quantitative estimate of drug-likeness (QED) is 0.596. The molecule has 110 valence electrons. The fraction of sp³-hybridized carbons (Fsp3) is 0.267. The number of hydrogen-bond donors (Lipinski definition) is 3. The average molecular weight is 286 g/mol. The Bertz CT molecular complexity index is 668. The van der Waals surface area contributed by atoms with Gasteiger partial charge >= 0.3 is 0 Å². The molecule has 0 atom stereocenters. The summed E-state index contributed by atoms with van der Waals surface area (Å²) in [5, 5.41) is 20.2. The SMILES string of the molecule is CC(C)(C)c1cc(C(=O)N/N=C/c2ccccc2O)n[nH]1. The van der Waals surface area contributed by atoms with Crippen molar-refractivity contribution in [3.05, 3.63) is 47.3 Å². The second-order valence-electron chi connectivity index (χ2n) is 5.67. The highest BCUT2D eigenvalue weighted by atomic mass is 16.3. The van der Waals surface area contributed by atoms with Gasteiger partial charge in [0.05, 0.1) is 6.21 Å². The van der Waals surface area contributed by atoms with Gasteiger partial charge in [-0.25, -0.2) is 5.43 Å².